The molecule has 4 nitrogen and oxygen atoms in total. The third-order valence-corrected chi connectivity index (χ3v) is 2.81. The van der Waals surface area contributed by atoms with Crippen molar-refractivity contribution in [2.45, 2.75) is 53.0 Å². The molecule has 0 saturated carbocycles. The zero-order chi connectivity index (χ0) is 12.9. The molecule has 4 heteroatoms. The second-order valence-corrected chi connectivity index (χ2v) is 5.29. The van der Waals surface area contributed by atoms with Crippen molar-refractivity contribution in [2.24, 2.45) is 11.8 Å². The fourth-order valence-corrected chi connectivity index (χ4v) is 1.45. The molecule has 0 fully saturated rings. The van der Waals surface area contributed by atoms with Crippen molar-refractivity contribution >= 4 is 11.9 Å². The molecular weight excluding hydrogens is 206 g/mol. The number of amides is 1. The minimum atomic E-state index is -0.888. The van der Waals surface area contributed by atoms with Gasteiger partial charge in [0.25, 0.3) is 0 Å². The third kappa shape index (κ3) is 5.14. The van der Waals surface area contributed by atoms with Gasteiger partial charge < -0.3 is 10.4 Å². The van der Waals surface area contributed by atoms with Gasteiger partial charge in [-0.15, -0.1) is 0 Å². The predicted octanol–water partition coefficient (Wildman–Crippen LogP) is 2.04. The maximum absolute atomic E-state index is 11.7. The van der Waals surface area contributed by atoms with E-state index < -0.39 is 11.5 Å². The molecule has 94 valence electrons. The molecule has 0 bridgehead atoms. The monoisotopic (exact) mass is 229 g/mol. The van der Waals surface area contributed by atoms with Crippen LogP contribution >= 0.6 is 0 Å². The molecule has 0 radical (unpaired) electrons. The van der Waals surface area contributed by atoms with Gasteiger partial charge in [-0.3, -0.25) is 9.59 Å². The molecule has 0 saturated heterocycles. The van der Waals surface area contributed by atoms with Crippen LogP contribution in [0.1, 0.15) is 47.5 Å². The Morgan fingerprint density at radius 3 is 2.06 bits per heavy atom. The maximum Gasteiger partial charge on any atom is 0.305 e. The Kier molecular flexibility index (Phi) is 5.48. The van der Waals surface area contributed by atoms with Crippen molar-refractivity contribution in [3.8, 4) is 0 Å². The Hall–Kier alpha value is -1.06. The van der Waals surface area contributed by atoms with E-state index in [-0.39, 0.29) is 24.2 Å². The van der Waals surface area contributed by atoms with Gasteiger partial charge >= 0.3 is 5.97 Å². The Labute approximate surface area is 97.4 Å². The van der Waals surface area contributed by atoms with Crippen LogP contribution in [0.25, 0.3) is 0 Å². The van der Waals surface area contributed by atoms with Crippen molar-refractivity contribution in [2.75, 3.05) is 0 Å². The van der Waals surface area contributed by atoms with Crippen LogP contribution < -0.4 is 5.32 Å². The number of carboxylic acids is 1. The van der Waals surface area contributed by atoms with Crippen LogP contribution in [-0.4, -0.2) is 22.5 Å². The minimum absolute atomic E-state index is 0.0471. The molecule has 1 atom stereocenters. The van der Waals surface area contributed by atoms with Gasteiger partial charge in [-0.2, -0.15) is 0 Å². The van der Waals surface area contributed by atoms with E-state index in [0.717, 1.165) is 0 Å². The minimum Gasteiger partial charge on any atom is -0.481 e. The molecule has 2 N–H and O–H groups in total. The van der Waals surface area contributed by atoms with E-state index in [4.69, 9.17) is 5.11 Å². The SMILES string of the molecule is CC(C)CC(=O)NC(C)(CC(=O)O)C(C)C. The summed E-state index contributed by atoms with van der Waals surface area (Å²) in [6.45, 7) is 9.54. The summed E-state index contributed by atoms with van der Waals surface area (Å²) >= 11 is 0. The highest BCUT2D eigenvalue weighted by Gasteiger charge is 2.32. The van der Waals surface area contributed by atoms with E-state index in [1.54, 1.807) is 6.92 Å². The number of hydrogen-bond acceptors (Lipinski definition) is 2. The van der Waals surface area contributed by atoms with E-state index in [9.17, 15) is 9.59 Å². The van der Waals surface area contributed by atoms with Gasteiger partial charge in [0.15, 0.2) is 0 Å². The Morgan fingerprint density at radius 2 is 1.75 bits per heavy atom. The van der Waals surface area contributed by atoms with Crippen LogP contribution in [-0.2, 0) is 9.59 Å². The molecule has 0 aliphatic heterocycles. The van der Waals surface area contributed by atoms with Gasteiger partial charge in [0.1, 0.15) is 0 Å². The van der Waals surface area contributed by atoms with Gasteiger partial charge in [-0.05, 0) is 18.8 Å². The molecule has 0 aromatic rings. The summed E-state index contributed by atoms with van der Waals surface area (Å²) in [4.78, 5) is 22.4. The maximum atomic E-state index is 11.7. The molecule has 16 heavy (non-hydrogen) atoms. The van der Waals surface area contributed by atoms with E-state index in [1.165, 1.54) is 0 Å². The summed E-state index contributed by atoms with van der Waals surface area (Å²) < 4.78 is 0. The first-order chi connectivity index (χ1) is 7.17. The lowest BCUT2D eigenvalue weighted by molar-refractivity contribution is -0.139. The zero-order valence-corrected chi connectivity index (χ0v) is 10.8. The Morgan fingerprint density at radius 1 is 1.25 bits per heavy atom. The zero-order valence-electron chi connectivity index (χ0n) is 10.8. The highest BCUT2D eigenvalue weighted by molar-refractivity contribution is 5.78. The summed E-state index contributed by atoms with van der Waals surface area (Å²) in [5, 5.41) is 11.7. The smallest absolute Gasteiger partial charge is 0.305 e. The van der Waals surface area contributed by atoms with Crippen molar-refractivity contribution in [3.63, 3.8) is 0 Å². The number of nitrogens with one attached hydrogen (secondary N) is 1. The normalized spacial score (nSPS) is 14.9. The number of hydrogen-bond donors (Lipinski definition) is 2. The molecule has 0 heterocycles. The fraction of sp³-hybridized carbons (Fsp3) is 0.833. The number of carboxylic acid groups (broad SMARTS) is 1. The largest absolute Gasteiger partial charge is 0.481 e. The van der Waals surface area contributed by atoms with E-state index in [1.807, 2.05) is 27.7 Å². The molecule has 1 unspecified atom stereocenters. The van der Waals surface area contributed by atoms with E-state index >= 15 is 0 Å². The third-order valence-electron chi connectivity index (χ3n) is 2.81. The Bertz CT molecular complexity index is 261. The van der Waals surface area contributed by atoms with Crippen molar-refractivity contribution in [1.29, 1.82) is 0 Å². The first-order valence-electron chi connectivity index (χ1n) is 5.70. The number of rotatable bonds is 6. The molecule has 0 aliphatic carbocycles. The van der Waals surface area contributed by atoms with Crippen molar-refractivity contribution in [3.05, 3.63) is 0 Å². The van der Waals surface area contributed by atoms with Crippen LogP contribution in [0.2, 0.25) is 0 Å². The first-order valence-corrected chi connectivity index (χ1v) is 5.70. The molecular formula is C12H23NO3. The average molecular weight is 229 g/mol. The summed E-state index contributed by atoms with van der Waals surface area (Å²) in [7, 11) is 0. The molecule has 1 amide bonds. The highest BCUT2D eigenvalue weighted by Crippen LogP contribution is 2.21. The van der Waals surface area contributed by atoms with Crippen LogP contribution in [0.15, 0.2) is 0 Å². The fourth-order valence-electron chi connectivity index (χ4n) is 1.45. The van der Waals surface area contributed by atoms with Crippen LogP contribution in [0.4, 0.5) is 0 Å². The second-order valence-electron chi connectivity index (χ2n) is 5.29. The molecule has 0 aromatic carbocycles. The van der Waals surface area contributed by atoms with Crippen molar-refractivity contribution < 1.29 is 14.7 Å². The van der Waals surface area contributed by atoms with Crippen LogP contribution in [0.3, 0.4) is 0 Å². The van der Waals surface area contributed by atoms with Crippen LogP contribution in [0.5, 0.6) is 0 Å². The summed E-state index contributed by atoms with van der Waals surface area (Å²) in [6, 6.07) is 0. The molecule has 0 aliphatic rings. The molecule has 0 aromatic heterocycles. The summed E-state index contributed by atoms with van der Waals surface area (Å²) in [5.74, 6) is -0.602. The molecule has 0 rings (SSSR count). The number of carbonyl (C=O) groups is 2. The Balaban J connectivity index is 4.55. The van der Waals surface area contributed by atoms with E-state index in [2.05, 4.69) is 5.32 Å². The number of aliphatic carboxylic acids is 1. The second kappa shape index (κ2) is 5.87. The highest BCUT2D eigenvalue weighted by atomic mass is 16.4. The van der Waals surface area contributed by atoms with Crippen molar-refractivity contribution in [1.82, 2.24) is 5.32 Å². The predicted molar refractivity (Wildman–Crippen MR) is 63.1 cm³/mol. The summed E-state index contributed by atoms with van der Waals surface area (Å²) in [5.41, 5.74) is -0.669. The van der Waals surface area contributed by atoms with Gasteiger partial charge in [0.05, 0.1) is 6.42 Å². The van der Waals surface area contributed by atoms with Gasteiger partial charge in [-0.1, -0.05) is 27.7 Å². The van der Waals surface area contributed by atoms with Gasteiger partial charge in [0.2, 0.25) is 5.91 Å². The first kappa shape index (κ1) is 14.9. The van der Waals surface area contributed by atoms with Gasteiger partial charge in [-0.25, -0.2) is 0 Å². The standard InChI is InChI=1S/C12H23NO3/c1-8(2)6-10(14)13-12(5,9(3)4)7-11(15)16/h8-9H,6-7H2,1-5H3,(H,13,14)(H,15,16). The lowest BCUT2D eigenvalue weighted by atomic mass is 9.85. The van der Waals surface area contributed by atoms with E-state index in [0.29, 0.717) is 6.42 Å². The molecule has 0 spiro atoms. The quantitative estimate of drug-likeness (QED) is 0.732. The lowest BCUT2D eigenvalue weighted by Gasteiger charge is -2.33. The topological polar surface area (TPSA) is 66.4 Å². The van der Waals surface area contributed by atoms with Gasteiger partial charge in [0, 0.05) is 12.0 Å². The number of carbonyl (C=O) groups excluding carboxylic acids is 1. The lowest BCUT2D eigenvalue weighted by Crippen LogP contribution is -2.51. The average Bonchev–Trinajstić information content (AvgIpc) is 1.98. The van der Waals surface area contributed by atoms with Crippen LogP contribution in [0, 0.1) is 11.8 Å². The summed E-state index contributed by atoms with van der Waals surface area (Å²) in [6.07, 6.45) is 0.385.